The molecule has 0 bridgehead atoms. The van der Waals surface area contributed by atoms with Gasteiger partial charge in [-0.2, -0.15) is 0 Å². The van der Waals surface area contributed by atoms with E-state index >= 15 is 0 Å². The summed E-state index contributed by atoms with van der Waals surface area (Å²) in [7, 11) is 0. The van der Waals surface area contributed by atoms with E-state index in [4.69, 9.17) is 14.1 Å². The molecule has 166 valence electrons. The molecule has 0 radical (unpaired) electrons. The molecule has 2 aromatic heterocycles. The largest absolute Gasteiger partial charge is 0.469 e. The van der Waals surface area contributed by atoms with E-state index in [0.717, 1.165) is 36.0 Å². The summed E-state index contributed by atoms with van der Waals surface area (Å²) < 4.78 is 10.5. The third-order valence-electron chi connectivity index (χ3n) is 4.90. The van der Waals surface area contributed by atoms with Gasteiger partial charge in [-0.25, -0.2) is 9.78 Å². The lowest BCUT2D eigenvalue weighted by Gasteiger charge is -2.20. The second kappa shape index (κ2) is 12.3. The van der Waals surface area contributed by atoms with Gasteiger partial charge in [0.1, 0.15) is 15.6 Å². The molecule has 1 atom stereocenters. The quantitative estimate of drug-likeness (QED) is 0.218. The van der Waals surface area contributed by atoms with E-state index in [2.05, 4.69) is 15.6 Å². The number of aliphatic imine (C=N–C) groups is 1. The van der Waals surface area contributed by atoms with E-state index in [9.17, 15) is 4.79 Å². The average Bonchev–Trinajstić information content (AvgIpc) is 3.44. The average molecular weight is 546 g/mol. The summed E-state index contributed by atoms with van der Waals surface area (Å²) >= 11 is 1.38. The predicted octanol–water partition coefficient (Wildman–Crippen LogP) is 4.62. The topological polar surface area (TPSA) is 88.8 Å². The molecule has 0 aliphatic heterocycles. The molecule has 1 fully saturated rings. The van der Waals surface area contributed by atoms with Crippen molar-refractivity contribution in [1.29, 1.82) is 0 Å². The van der Waals surface area contributed by atoms with Crippen LogP contribution in [-0.4, -0.2) is 36.1 Å². The number of guanidine groups is 1. The minimum atomic E-state index is -0.308. The molecule has 0 spiro atoms. The van der Waals surface area contributed by atoms with Gasteiger partial charge in [0.15, 0.2) is 5.96 Å². The number of rotatable bonds is 8. The zero-order chi connectivity index (χ0) is 20.6. The van der Waals surface area contributed by atoms with Crippen LogP contribution in [0.25, 0.3) is 0 Å². The Morgan fingerprint density at radius 2 is 2.20 bits per heavy atom. The Morgan fingerprint density at radius 3 is 2.87 bits per heavy atom. The molecule has 30 heavy (non-hydrogen) atoms. The van der Waals surface area contributed by atoms with E-state index in [1.807, 2.05) is 26.0 Å². The number of furan rings is 1. The van der Waals surface area contributed by atoms with Crippen LogP contribution in [0.5, 0.6) is 0 Å². The normalized spacial score (nSPS) is 15.5. The van der Waals surface area contributed by atoms with Crippen molar-refractivity contribution in [2.45, 2.75) is 65.0 Å². The molecule has 0 saturated heterocycles. The van der Waals surface area contributed by atoms with Crippen LogP contribution < -0.4 is 10.6 Å². The lowest BCUT2D eigenvalue weighted by atomic mass is 10.2. The first kappa shape index (κ1) is 24.6. The number of ether oxygens (including phenoxy) is 1. The highest BCUT2D eigenvalue weighted by atomic mass is 127. The van der Waals surface area contributed by atoms with E-state index in [-0.39, 0.29) is 36.0 Å². The molecule has 0 aromatic carbocycles. The van der Waals surface area contributed by atoms with Gasteiger partial charge in [-0.3, -0.25) is 4.99 Å². The second-order valence-electron chi connectivity index (χ2n) is 7.24. The van der Waals surface area contributed by atoms with Crippen LogP contribution in [0.15, 0.2) is 27.8 Å². The summed E-state index contributed by atoms with van der Waals surface area (Å²) in [4.78, 5) is 22.0. The van der Waals surface area contributed by atoms with Crippen molar-refractivity contribution in [1.82, 2.24) is 15.6 Å². The Kier molecular flexibility index (Phi) is 10.1. The maximum Gasteiger partial charge on any atom is 0.350 e. The molecule has 3 rings (SSSR count). The SMILES string of the molecule is CCOC(=O)c1sc(C(C)NC(=NCCc2ccco2)NC2CCCC2)nc1C.I. The molecule has 0 amide bonds. The highest BCUT2D eigenvalue weighted by Crippen LogP contribution is 2.24. The van der Waals surface area contributed by atoms with Gasteiger partial charge in [-0.15, -0.1) is 35.3 Å². The summed E-state index contributed by atoms with van der Waals surface area (Å²) in [6, 6.07) is 4.23. The van der Waals surface area contributed by atoms with Crippen molar-refractivity contribution in [3.8, 4) is 0 Å². The molecular formula is C21H31IN4O3S. The number of carbonyl (C=O) groups is 1. The van der Waals surface area contributed by atoms with Crippen molar-refractivity contribution in [3.05, 3.63) is 39.7 Å². The van der Waals surface area contributed by atoms with Crippen molar-refractivity contribution in [3.63, 3.8) is 0 Å². The van der Waals surface area contributed by atoms with Gasteiger partial charge < -0.3 is 19.8 Å². The van der Waals surface area contributed by atoms with Crippen LogP contribution >= 0.6 is 35.3 Å². The molecular weight excluding hydrogens is 515 g/mol. The molecule has 7 nitrogen and oxygen atoms in total. The number of hydrogen-bond acceptors (Lipinski definition) is 6. The molecule has 2 aromatic rings. The first-order valence-electron chi connectivity index (χ1n) is 10.3. The van der Waals surface area contributed by atoms with Crippen molar-refractivity contribution < 1.29 is 13.9 Å². The highest BCUT2D eigenvalue weighted by molar-refractivity contribution is 14.0. The summed E-state index contributed by atoms with van der Waals surface area (Å²) in [6.45, 7) is 6.67. The van der Waals surface area contributed by atoms with Crippen molar-refractivity contribution in [2.24, 2.45) is 4.99 Å². The van der Waals surface area contributed by atoms with Gasteiger partial charge in [-0.05, 0) is 45.7 Å². The fraction of sp³-hybridized carbons (Fsp3) is 0.571. The first-order chi connectivity index (χ1) is 14.1. The molecule has 2 N–H and O–H groups in total. The number of aryl methyl sites for hydroxylation is 1. The Morgan fingerprint density at radius 1 is 1.43 bits per heavy atom. The first-order valence-corrected chi connectivity index (χ1v) is 11.1. The monoisotopic (exact) mass is 546 g/mol. The van der Waals surface area contributed by atoms with Crippen LogP contribution in [0.1, 0.15) is 71.7 Å². The number of carbonyl (C=O) groups excluding carboxylic acids is 1. The van der Waals surface area contributed by atoms with Crippen LogP contribution in [-0.2, 0) is 11.2 Å². The fourth-order valence-corrected chi connectivity index (χ4v) is 4.35. The lowest BCUT2D eigenvalue weighted by molar-refractivity contribution is 0.0531. The number of nitrogens with one attached hydrogen (secondary N) is 2. The standard InChI is InChI=1S/C21H30N4O3S.HI/c1-4-27-20(26)18-14(2)23-19(29-18)15(3)24-21(25-16-8-5-6-9-16)22-12-11-17-10-7-13-28-17;/h7,10,13,15-16H,4-6,8-9,11-12H2,1-3H3,(H2,22,24,25);1H. The lowest BCUT2D eigenvalue weighted by Crippen LogP contribution is -2.43. The summed E-state index contributed by atoms with van der Waals surface area (Å²) in [5, 5.41) is 7.86. The van der Waals surface area contributed by atoms with Gasteiger partial charge in [0.05, 0.1) is 24.6 Å². The van der Waals surface area contributed by atoms with E-state index < -0.39 is 0 Å². The second-order valence-corrected chi connectivity index (χ2v) is 8.27. The van der Waals surface area contributed by atoms with Gasteiger partial charge in [0.2, 0.25) is 0 Å². The number of thiazole rings is 1. The molecule has 1 aliphatic carbocycles. The maximum atomic E-state index is 12.1. The number of esters is 1. The van der Waals surface area contributed by atoms with Crippen LogP contribution in [0.4, 0.5) is 0 Å². The molecule has 9 heteroatoms. The number of hydrogen-bond donors (Lipinski definition) is 2. The Labute approximate surface area is 199 Å². The van der Waals surface area contributed by atoms with Gasteiger partial charge in [-0.1, -0.05) is 12.8 Å². The molecule has 1 aliphatic rings. The Balaban J connectivity index is 0.00000320. The highest BCUT2D eigenvalue weighted by Gasteiger charge is 2.22. The zero-order valence-electron chi connectivity index (χ0n) is 17.8. The molecule has 1 saturated carbocycles. The maximum absolute atomic E-state index is 12.1. The van der Waals surface area contributed by atoms with E-state index in [0.29, 0.717) is 29.8 Å². The summed E-state index contributed by atoms with van der Waals surface area (Å²) in [5.41, 5.74) is 0.706. The minimum Gasteiger partial charge on any atom is -0.469 e. The Bertz CT molecular complexity index is 816. The van der Waals surface area contributed by atoms with Crippen LogP contribution in [0.3, 0.4) is 0 Å². The smallest absolute Gasteiger partial charge is 0.350 e. The van der Waals surface area contributed by atoms with Gasteiger partial charge >= 0.3 is 5.97 Å². The number of halogens is 1. The summed E-state index contributed by atoms with van der Waals surface area (Å²) in [6.07, 6.45) is 7.27. The minimum absolute atomic E-state index is 0. The third kappa shape index (κ3) is 6.97. The van der Waals surface area contributed by atoms with Gasteiger partial charge in [0, 0.05) is 19.0 Å². The number of aromatic nitrogens is 1. The van der Waals surface area contributed by atoms with Crippen molar-refractivity contribution >= 4 is 47.2 Å². The predicted molar refractivity (Wildman–Crippen MR) is 130 cm³/mol. The van der Waals surface area contributed by atoms with Crippen LogP contribution in [0.2, 0.25) is 0 Å². The molecule has 1 unspecified atom stereocenters. The zero-order valence-corrected chi connectivity index (χ0v) is 20.9. The third-order valence-corrected chi connectivity index (χ3v) is 6.22. The van der Waals surface area contributed by atoms with Crippen molar-refractivity contribution in [2.75, 3.05) is 13.2 Å². The molecule has 2 heterocycles. The van der Waals surface area contributed by atoms with E-state index in [1.165, 1.54) is 24.2 Å². The summed E-state index contributed by atoms with van der Waals surface area (Å²) in [5.74, 6) is 1.40. The number of nitrogens with zero attached hydrogens (tertiary/aromatic N) is 2. The Hall–Kier alpha value is -1.62. The van der Waals surface area contributed by atoms with E-state index in [1.54, 1.807) is 13.2 Å². The van der Waals surface area contributed by atoms with Crippen LogP contribution in [0, 0.1) is 6.92 Å². The fourth-order valence-electron chi connectivity index (χ4n) is 3.38. The van der Waals surface area contributed by atoms with Gasteiger partial charge in [0.25, 0.3) is 0 Å².